The van der Waals surface area contributed by atoms with E-state index in [9.17, 15) is 13.2 Å². The minimum absolute atomic E-state index is 0.319. The van der Waals surface area contributed by atoms with Crippen molar-refractivity contribution in [3.05, 3.63) is 78.4 Å². The minimum atomic E-state index is -3.77. The first kappa shape index (κ1) is 23.4. The number of fused-ring (bicyclic) bond motifs is 1. The van der Waals surface area contributed by atoms with Crippen LogP contribution in [0.25, 0.3) is 0 Å². The van der Waals surface area contributed by atoms with Crippen LogP contribution in [0.2, 0.25) is 0 Å². The lowest BCUT2D eigenvalue weighted by Gasteiger charge is -2.29. The monoisotopic (exact) mass is 482 g/mol. The van der Waals surface area contributed by atoms with Crippen LogP contribution in [0.3, 0.4) is 0 Å². The van der Waals surface area contributed by atoms with E-state index in [-0.39, 0.29) is 0 Å². The first-order valence-corrected chi connectivity index (χ1v) is 12.6. The van der Waals surface area contributed by atoms with Gasteiger partial charge in [0.25, 0.3) is 0 Å². The summed E-state index contributed by atoms with van der Waals surface area (Å²) in [6.45, 7) is 2.76. The molecule has 0 unspecified atom stereocenters. The summed E-state index contributed by atoms with van der Waals surface area (Å²) in [6, 6.07) is 20.5. The highest BCUT2D eigenvalue weighted by atomic mass is 32.2. The molecule has 0 bridgehead atoms. The molecule has 0 saturated heterocycles. The van der Waals surface area contributed by atoms with E-state index in [1.807, 2.05) is 30.3 Å². The van der Waals surface area contributed by atoms with E-state index in [4.69, 9.17) is 14.2 Å². The van der Waals surface area contributed by atoms with Gasteiger partial charge in [-0.2, -0.15) is 0 Å². The second kappa shape index (κ2) is 10.0. The van der Waals surface area contributed by atoms with Crippen molar-refractivity contribution in [2.45, 2.75) is 19.6 Å². The molecule has 9 heteroatoms. The smallest absolute Gasteiger partial charge is 0.247 e. The fourth-order valence-electron chi connectivity index (χ4n) is 3.60. The molecular formula is C25H26N2O6S. The fraction of sp³-hybridized carbons (Fsp3) is 0.240. The van der Waals surface area contributed by atoms with Gasteiger partial charge in [-0.1, -0.05) is 30.3 Å². The third kappa shape index (κ3) is 5.60. The molecule has 3 aromatic carbocycles. The van der Waals surface area contributed by atoms with Crippen LogP contribution in [0.1, 0.15) is 12.5 Å². The van der Waals surface area contributed by atoms with Crippen molar-refractivity contribution in [3.63, 3.8) is 0 Å². The number of ether oxygens (including phenoxy) is 3. The Labute approximate surface area is 199 Å². The number of carbonyl (C=O) groups excluding carboxylic acids is 1. The van der Waals surface area contributed by atoms with Crippen molar-refractivity contribution in [1.29, 1.82) is 0 Å². The van der Waals surface area contributed by atoms with Gasteiger partial charge in [-0.3, -0.25) is 9.10 Å². The molecule has 1 aliphatic rings. The van der Waals surface area contributed by atoms with Crippen molar-refractivity contribution >= 4 is 27.3 Å². The van der Waals surface area contributed by atoms with Gasteiger partial charge < -0.3 is 19.5 Å². The zero-order valence-corrected chi connectivity index (χ0v) is 19.7. The number of carbonyl (C=O) groups is 1. The van der Waals surface area contributed by atoms with Crippen LogP contribution in [0.4, 0.5) is 11.4 Å². The number of hydrogen-bond acceptors (Lipinski definition) is 6. The van der Waals surface area contributed by atoms with Gasteiger partial charge in [0.1, 0.15) is 31.6 Å². The van der Waals surface area contributed by atoms with Crippen LogP contribution >= 0.6 is 0 Å². The molecule has 3 aromatic rings. The Morgan fingerprint density at radius 3 is 2.35 bits per heavy atom. The molecule has 8 nitrogen and oxygen atoms in total. The van der Waals surface area contributed by atoms with Crippen molar-refractivity contribution < 1.29 is 27.4 Å². The van der Waals surface area contributed by atoms with Crippen molar-refractivity contribution in [2.24, 2.45) is 0 Å². The molecule has 0 fully saturated rings. The molecule has 0 aromatic heterocycles. The maximum absolute atomic E-state index is 13.0. The molecule has 0 aliphatic carbocycles. The summed E-state index contributed by atoms with van der Waals surface area (Å²) in [4.78, 5) is 13.0. The van der Waals surface area contributed by atoms with E-state index >= 15 is 0 Å². The highest BCUT2D eigenvalue weighted by Gasteiger charge is 2.30. The number of sulfonamides is 1. The van der Waals surface area contributed by atoms with Gasteiger partial charge in [-0.05, 0) is 48.9 Å². The lowest BCUT2D eigenvalue weighted by molar-refractivity contribution is -0.116. The standard InChI is InChI=1S/C25H26N2O6S/c1-18(27(34(2,29)30)21-10-13-23-24(16-21)32-15-14-31-23)25(28)26-20-8-11-22(12-9-20)33-17-19-6-4-3-5-7-19/h3-13,16,18H,14-15,17H2,1-2H3,(H,26,28)/t18-/m0/s1. The molecule has 1 amide bonds. The maximum Gasteiger partial charge on any atom is 0.247 e. The fourth-order valence-corrected chi connectivity index (χ4v) is 4.77. The summed E-state index contributed by atoms with van der Waals surface area (Å²) >= 11 is 0. The summed E-state index contributed by atoms with van der Waals surface area (Å²) in [5.41, 5.74) is 1.90. The first-order valence-electron chi connectivity index (χ1n) is 10.8. The number of rotatable bonds is 8. The average molecular weight is 483 g/mol. The minimum Gasteiger partial charge on any atom is -0.489 e. The molecule has 0 radical (unpaired) electrons. The van der Waals surface area contributed by atoms with Gasteiger partial charge in [0.05, 0.1) is 11.9 Å². The summed E-state index contributed by atoms with van der Waals surface area (Å²) in [6.07, 6.45) is 1.06. The van der Waals surface area contributed by atoms with Crippen LogP contribution in [-0.2, 0) is 21.4 Å². The molecule has 4 rings (SSSR count). The Hall–Kier alpha value is -3.72. The van der Waals surface area contributed by atoms with Gasteiger partial charge in [0.15, 0.2) is 11.5 Å². The molecule has 1 N–H and O–H groups in total. The Morgan fingerprint density at radius 1 is 1.00 bits per heavy atom. The highest BCUT2D eigenvalue weighted by molar-refractivity contribution is 7.92. The summed E-state index contributed by atoms with van der Waals surface area (Å²) in [5, 5.41) is 2.77. The number of benzene rings is 3. The SMILES string of the molecule is C[C@@H](C(=O)Nc1ccc(OCc2ccccc2)cc1)N(c1ccc2c(c1)OCCO2)S(C)(=O)=O. The molecule has 0 spiro atoms. The van der Waals surface area contributed by atoms with Crippen LogP contribution < -0.4 is 23.8 Å². The lowest BCUT2D eigenvalue weighted by Crippen LogP contribution is -2.45. The van der Waals surface area contributed by atoms with Gasteiger partial charge in [0, 0.05) is 11.8 Å². The Bertz CT molecular complexity index is 1250. The molecule has 0 saturated carbocycles. The Morgan fingerprint density at radius 2 is 1.68 bits per heavy atom. The van der Waals surface area contributed by atoms with Gasteiger partial charge in [-0.25, -0.2) is 8.42 Å². The largest absolute Gasteiger partial charge is 0.489 e. The first-order chi connectivity index (χ1) is 16.3. The van der Waals surface area contributed by atoms with E-state index in [2.05, 4.69) is 5.32 Å². The predicted octanol–water partition coefficient (Wildman–Crippen LogP) is 3.83. The molecule has 34 heavy (non-hydrogen) atoms. The summed E-state index contributed by atoms with van der Waals surface area (Å²) in [7, 11) is -3.77. The Balaban J connectivity index is 1.44. The topological polar surface area (TPSA) is 94.2 Å². The van der Waals surface area contributed by atoms with E-state index in [0.717, 1.165) is 16.1 Å². The number of amides is 1. The van der Waals surface area contributed by atoms with Crippen LogP contribution in [0.5, 0.6) is 17.2 Å². The Kier molecular flexibility index (Phi) is 6.93. The number of nitrogens with zero attached hydrogens (tertiary/aromatic N) is 1. The van der Waals surface area contributed by atoms with Crippen LogP contribution in [0.15, 0.2) is 72.8 Å². The molecule has 1 atom stereocenters. The number of anilines is 2. The van der Waals surface area contributed by atoms with E-state index in [0.29, 0.717) is 48.4 Å². The van der Waals surface area contributed by atoms with Gasteiger partial charge in [0.2, 0.25) is 15.9 Å². The van der Waals surface area contributed by atoms with Crippen LogP contribution in [0, 0.1) is 0 Å². The predicted molar refractivity (Wildman–Crippen MR) is 130 cm³/mol. The maximum atomic E-state index is 13.0. The third-order valence-corrected chi connectivity index (χ3v) is 6.48. The van der Waals surface area contributed by atoms with Crippen molar-refractivity contribution in [3.8, 4) is 17.2 Å². The zero-order valence-electron chi connectivity index (χ0n) is 18.9. The summed E-state index contributed by atoms with van der Waals surface area (Å²) in [5.74, 6) is 1.16. The number of nitrogens with one attached hydrogen (secondary N) is 1. The average Bonchev–Trinajstić information content (AvgIpc) is 2.83. The highest BCUT2D eigenvalue weighted by Crippen LogP contribution is 2.35. The van der Waals surface area contributed by atoms with Gasteiger partial charge >= 0.3 is 0 Å². The van der Waals surface area contributed by atoms with Gasteiger partial charge in [-0.15, -0.1) is 0 Å². The lowest BCUT2D eigenvalue weighted by atomic mass is 10.2. The number of hydrogen-bond donors (Lipinski definition) is 1. The second-order valence-electron chi connectivity index (χ2n) is 7.85. The van der Waals surface area contributed by atoms with E-state index in [1.54, 1.807) is 42.5 Å². The van der Waals surface area contributed by atoms with E-state index in [1.165, 1.54) is 6.92 Å². The molecule has 1 aliphatic heterocycles. The third-order valence-electron chi connectivity index (χ3n) is 5.24. The van der Waals surface area contributed by atoms with E-state index < -0.39 is 22.0 Å². The normalized spacial score (nSPS) is 13.6. The quantitative estimate of drug-likeness (QED) is 0.525. The summed E-state index contributed by atoms with van der Waals surface area (Å²) < 4.78 is 43.1. The zero-order chi connectivity index (χ0) is 24.1. The second-order valence-corrected chi connectivity index (χ2v) is 9.71. The van der Waals surface area contributed by atoms with Crippen LogP contribution in [-0.4, -0.2) is 39.8 Å². The molecule has 178 valence electrons. The molecular weight excluding hydrogens is 456 g/mol. The van der Waals surface area contributed by atoms with Crippen molar-refractivity contribution in [1.82, 2.24) is 0 Å². The molecule has 1 heterocycles. The van der Waals surface area contributed by atoms with Crippen molar-refractivity contribution in [2.75, 3.05) is 29.1 Å².